The van der Waals surface area contributed by atoms with Gasteiger partial charge < -0.3 is 10.1 Å². The molecule has 2 aliphatic rings. The number of piperidine rings is 1. The Morgan fingerprint density at radius 3 is 2.76 bits per heavy atom. The number of methoxy groups -OCH3 is 1. The van der Waals surface area contributed by atoms with Gasteiger partial charge in [-0.1, -0.05) is 12.1 Å². The third-order valence-corrected chi connectivity index (χ3v) is 6.18. The maximum atomic E-state index is 12.6. The Labute approximate surface area is 126 Å². The van der Waals surface area contributed by atoms with Crippen molar-refractivity contribution in [3.8, 4) is 5.75 Å². The summed E-state index contributed by atoms with van der Waals surface area (Å²) in [6.45, 7) is 0.874. The van der Waals surface area contributed by atoms with Crippen molar-refractivity contribution in [2.45, 2.75) is 48.6 Å². The van der Waals surface area contributed by atoms with Crippen LogP contribution in [0.25, 0.3) is 0 Å². The molecular weight excluding hydrogens is 288 g/mol. The lowest BCUT2D eigenvalue weighted by molar-refractivity contribution is 0.126. The summed E-state index contributed by atoms with van der Waals surface area (Å²) in [7, 11) is -2.05. The molecule has 1 heterocycles. The minimum Gasteiger partial charge on any atom is -0.495 e. The van der Waals surface area contributed by atoms with E-state index in [1.54, 1.807) is 24.3 Å². The van der Waals surface area contributed by atoms with E-state index in [0.717, 1.165) is 32.2 Å². The van der Waals surface area contributed by atoms with Gasteiger partial charge in [0.1, 0.15) is 10.6 Å². The molecule has 1 aliphatic carbocycles. The van der Waals surface area contributed by atoms with Crippen molar-refractivity contribution < 1.29 is 13.2 Å². The third kappa shape index (κ3) is 2.93. The van der Waals surface area contributed by atoms with Crippen LogP contribution in [0.15, 0.2) is 29.2 Å². The van der Waals surface area contributed by atoms with Crippen LogP contribution in [0.2, 0.25) is 0 Å². The normalized spacial score (nSPS) is 24.5. The van der Waals surface area contributed by atoms with Crippen LogP contribution in [0.1, 0.15) is 32.1 Å². The number of sulfonamides is 1. The predicted molar refractivity (Wildman–Crippen MR) is 80.9 cm³/mol. The topological polar surface area (TPSA) is 67.4 Å². The number of hydrogen-bond acceptors (Lipinski definition) is 4. The van der Waals surface area contributed by atoms with Crippen molar-refractivity contribution in [3.05, 3.63) is 24.3 Å². The molecule has 0 amide bonds. The second-order valence-corrected chi connectivity index (χ2v) is 7.70. The molecule has 0 bridgehead atoms. The minimum absolute atomic E-state index is 0.00135. The lowest BCUT2D eigenvalue weighted by Gasteiger charge is -2.48. The molecule has 1 unspecified atom stereocenters. The quantitative estimate of drug-likeness (QED) is 0.887. The molecule has 5 nitrogen and oxygen atoms in total. The van der Waals surface area contributed by atoms with Crippen molar-refractivity contribution in [2.75, 3.05) is 13.7 Å². The van der Waals surface area contributed by atoms with Gasteiger partial charge >= 0.3 is 0 Å². The first-order valence-electron chi connectivity index (χ1n) is 7.45. The zero-order valence-corrected chi connectivity index (χ0v) is 13.1. The molecule has 0 aromatic heterocycles. The molecule has 1 saturated heterocycles. The summed E-state index contributed by atoms with van der Waals surface area (Å²) in [6.07, 6.45) is 5.25. The highest BCUT2D eigenvalue weighted by molar-refractivity contribution is 7.89. The molecule has 21 heavy (non-hydrogen) atoms. The van der Waals surface area contributed by atoms with Crippen molar-refractivity contribution in [3.63, 3.8) is 0 Å². The molecule has 1 atom stereocenters. The Bertz CT molecular complexity index is 611. The zero-order valence-electron chi connectivity index (χ0n) is 12.3. The van der Waals surface area contributed by atoms with E-state index >= 15 is 0 Å². The van der Waals surface area contributed by atoms with Gasteiger partial charge in [-0.3, -0.25) is 0 Å². The predicted octanol–water partition coefficient (Wildman–Crippen LogP) is 1.65. The fraction of sp³-hybridized carbons (Fsp3) is 0.600. The van der Waals surface area contributed by atoms with Crippen LogP contribution in [0.5, 0.6) is 5.75 Å². The highest BCUT2D eigenvalue weighted by Crippen LogP contribution is 2.38. The maximum absolute atomic E-state index is 12.6. The van der Waals surface area contributed by atoms with Crippen LogP contribution in [-0.2, 0) is 10.0 Å². The second-order valence-electron chi connectivity index (χ2n) is 6.02. The molecule has 1 aromatic rings. The fourth-order valence-corrected chi connectivity index (χ4v) is 4.81. The number of nitrogens with one attached hydrogen (secondary N) is 2. The van der Waals surface area contributed by atoms with Gasteiger partial charge in [0.05, 0.1) is 7.11 Å². The summed E-state index contributed by atoms with van der Waals surface area (Å²) in [4.78, 5) is 0.216. The number of rotatable bonds is 4. The zero-order chi connectivity index (χ0) is 14.9. The molecule has 1 spiro atoms. The van der Waals surface area contributed by atoms with E-state index in [1.807, 2.05) is 0 Å². The second kappa shape index (κ2) is 5.59. The van der Waals surface area contributed by atoms with E-state index in [0.29, 0.717) is 5.75 Å². The van der Waals surface area contributed by atoms with Crippen LogP contribution >= 0.6 is 0 Å². The van der Waals surface area contributed by atoms with Crippen LogP contribution in [-0.4, -0.2) is 33.7 Å². The van der Waals surface area contributed by atoms with Gasteiger partial charge in [-0.2, -0.15) is 0 Å². The van der Waals surface area contributed by atoms with E-state index in [1.165, 1.54) is 13.5 Å². The van der Waals surface area contributed by atoms with Crippen LogP contribution in [0.4, 0.5) is 0 Å². The van der Waals surface area contributed by atoms with Gasteiger partial charge in [-0.15, -0.1) is 0 Å². The maximum Gasteiger partial charge on any atom is 0.244 e. The largest absolute Gasteiger partial charge is 0.495 e. The summed E-state index contributed by atoms with van der Waals surface area (Å²) in [5.41, 5.74) is 0.173. The van der Waals surface area contributed by atoms with Crippen LogP contribution < -0.4 is 14.8 Å². The number of ether oxygens (including phenoxy) is 1. The average molecular weight is 310 g/mol. The molecule has 0 radical (unpaired) electrons. The average Bonchev–Trinajstić information content (AvgIpc) is 2.45. The van der Waals surface area contributed by atoms with Gasteiger partial charge in [0, 0.05) is 11.6 Å². The molecular formula is C15H22N2O3S. The smallest absolute Gasteiger partial charge is 0.244 e. The lowest BCUT2D eigenvalue weighted by atomic mass is 9.70. The summed E-state index contributed by atoms with van der Waals surface area (Å²) >= 11 is 0. The van der Waals surface area contributed by atoms with Gasteiger partial charge in [0.15, 0.2) is 0 Å². The van der Waals surface area contributed by atoms with Crippen LogP contribution in [0.3, 0.4) is 0 Å². The van der Waals surface area contributed by atoms with Gasteiger partial charge in [0.2, 0.25) is 10.0 Å². The molecule has 1 saturated carbocycles. The molecule has 1 aromatic carbocycles. The van der Waals surface area contributed by atoms with Crippen molar-refractivity contribution in [1.82, 2.24) is 10.0 Å². The number of hydrogen-bond donors (Lipinski definition) is 2. The summed E-state index contributed by atoms with van der Waals surface area (Å²) in [5, 5.41) is 3.55. The standard InChI is InChI=1S/C15H22N2O3S/c1-20-13-5-2-3-6-14(13)21(18,19)17-12-7-10-16-15(11-12)8-4-9-15/h2-3,5-6,12,16-17H,4,7-11H2,1H3. The molecule has 2 fully saturated rings. The number of para-hydroxylation sites is 1. The van der Waals surface area contributed by atoms with E-state index in [4.69, 9.17) is 4.74 Å². The first-order valence-corrected chi connectivity index (χ1v) is 8.93. The molecule has 116 valence electrons. The first-order chi connectivity index (χ1) is 10.0. The number of benzene rings is 1. The Morgan fingerprint density at radius 1 is 1.33 bits per heavy atom. The van der Waals surface area contributed by atoms with Gasteiger partial charge in [-0.25, -0.2) is 13.1 Å². The monoisotopic (exact) mass is 310 g/mol. The first kappa shape index (κ1) is 14.8. The molecule has 1 aliphatic heterocycles. The van der Waals surface area contributed by atoms with Gasteiger partial charge in [0.25, 0.3) is 0 Å². The van der Waals surface area contributed by atoms with E-state index in [-0.39, 0.29) is 16.5 Å². The Balaban J connectivity index is 1.76. The third-order valence-electron chi connectivity index (χ3n) is 4.62. The van der Waals surface area contributed by atoms with Gasteiger partial charge in [-0.05, 0) is 50.8 Å². The molecule has 2 N–H and O–H groups in total. The van der Waals surface area contributed by atoms with E-state index in [9.17, 15) is 8.42 Å². The van der Waals surface area contributed by atoms with Crippen molar-refractivity contribution in [2.24, 2.45) is 0 Å². The Kier molecular flexibility index (Phi) is 3.94. The van der Waals surface area contributed by atoms with Crippen LogP contribution in [0, 0.1) is 0 Å². The minimum atomic E-state index is -3.54. The molecule has 3 rings (SSSR count). The SMILES string of the molecule is COc1ccccc1S(=O)(=O)NC1CCNC2(CCC2)C1. The summed E-state index contributed by atoms with van der Waals surface area (Å²) < 4.78 is 33.2. The van der Waals surface area contributed by atoms with Crippen molar-refractivity contribution >= 4 is 10.0 Å². The highest BCUT2D eigenvalue weighted by Gasteiger charge is 2.41. The fourth-order valence-electron chi connectivity index (χ4n) is 3.37. The van der Waals surface area contributed by atoms with E-state index in [2.05, 4.69) is 10.0 Å². The van der Waals surface area contributed by atoms with E-state index < -0.39 is 10.0 Å². The van der Waals surface area contributed by atoms with Crippen molar-refractivity contribution in [1.29, 1.82) is 0 Å². The summed E-state index contributed by atoms with van der Waals surface area (Å²) in [5.74, 6) is 0.386. The highest BCUT2D eigenvalue weighted by atomic mass is 32.2. The summed E-state index contributed by atoms with van der Waals surface area (Å²) in [6, 6.07) is 6.74. The Morgan fingerprint density at radius 2 is 2.10 bits per heavy atom. The lowest BCUT2D eigenvalue weighted by Crippen LogP contribution is -2.59. The molecule has 6 heteroatoms. The Hall–Kier alpha value is -1.11.